The molecule has 0 radical (unpaired) electrons. The van der Waals surface area contributed by atoms with E-state index in [4.69, 9.17) is 4.74 Å². The van der Waals surface area contributed by atoms with Gasteiger partial charge in [0.2, 0.25) is 11.6 Å². The molecule has 0 spiro atoms. The second-order valence-electron chi connectivity index (χ2n) is 4.84. The first-order chi connectivity index (χ1) is 11.3. The summed E-state index contributed by atoms with van der Waals surface area (Å²) in [6.45, 7) is 0.930. The minimum atomic E-state index is -1.71. The van der Waals surface area contributed by atoms with E-state index in [-0.39, 0.29) is 6.07 Å². The largest absolute Gasteiger partial charge is 0.495 e. The van der Waals surface area contributed by atoms with Gasteiger partial charge in [-0.25, -0.2) is 8.78 Å². The summed E-state index contributed by atoms with van der Waals surface area (Å²) in [6.07, 6.45) is 0. The highest BCUT2D eigenvalue weighted by molar-refractivity contribution is 5.93. The second kappa shape index (κ2) is 7.20. The number of methoxy groups -OCH3 is 1. The summed E-state index contributed by atoms with van der Waals surface area (Å²) in [5.74, 6) is -8.39. The molecule has 0 saturated carbocycles. The first kappa shape index (κ1) is 17.6. The first-order valence-electron chi connectivity index (χ1n) is 6.73. The Bertz CT molecular complexity index is 754. The van der Waals surface area contributed by atoms with Gasteiger partial charge in [-0.3, -0.25) is 4.79 Å². The zero-order chi connectivity index (χ0) is 17.9. The third-order valence-electron chi connectivity index (χ3n) is 3.05. The van der Waals surface area contributed by atoms with Crippen LogP contribution in [-0.4, -0.2) is 19.6 Å². The van der Waals surface area contributed by atoms with Gasteiger partial charge in [0.15, 0.2) is 24.0 Å². The molecular weight excluding hydrogens is 330 g/mol. The van der Waals surface area contributed by atoms with Crippen LogP contribution in [0.4, 0.5) is 23.2 Å². The molecule has 2 aromatic carbocycles. The van der Waals surface area contributed by atoms with Gasteiger partial charge in [-0.15, -0.1) is 0 Å². The van der Waals surface area contributed by atoms with Gasteiger partial charge in [0.1, 0.15) is 5.75 Å². The SMILES string of the molecule is COc1ccc(C)cc1NC(=O)COc1c(F)c(F)cc(F)c1F. The summed E-state index contributed by atoms with van der Waals surface area (Å²) in [7, 11) is 1.40. The number of rotatable bonds is 5. The van der Waals surface area contributed by atoms with Gasteiger partial charge in [-0.2, -0.15) is 8.78 Å². The molecule has 1 amide bonds. The van der Waals surface area contributed by atoms with Gasteiger partial charge < -0.3 is 14.8 Å². The Morgan fingerprint density at radius 3 is 2.29 bits per heavy atom. The molecule has 0 atom stereocenters. The predicted octanol–water partition coefficient (Wildman–Crippen LogP) is 3.58. The lowest BCUT2D eigenvalue weighted by Gasteiger charge is -2.12. The van der Waals surface area contributed by atoms with Crippen LogP contribution in [0.5, 0.6) is 11.5 Å². The molecule has 1 N–H and O–H groups in total. The molecular formula is C16H13F4NO3. The smallest absolute Gasteiger partial charge is 0.262 e. The number of nitrogens with one attached hydrogen (secondary N) is 1. The normalized spacial score (nSPS) is 10.4. The number of halogens is 4. The molecule has 2 aromatic rings. The summed E-state index contributed by atoms with van der Waals surface area (Å²) >= 11 is 0. The Hall–Kier alpha value is -2.77. The highest BCUT2D eigenvalue weighted by Gasteiger charge is 2.21. The van der Waals surface area contributed by atoms with E-state index in [2.05, 4.69) is 10.1 Å². The number of aryl methyl sites for hydroxylation is 1. The third kappa shape index (κ3) is 3.76. The molecule has 2 rings (SSSR count). The van der Waals surface area contributed by atoms with Crippen LogP contribution in [0.15, 0.2) is 24.3 Å². The predicted molar refractivity (Wildman–Crippen MR) is 78.1 cm³/mol. The maximum Gasteiger partial charge on any atom is 0.262 e. The summed E-state index contributed by atoms with van der Waals surface area (Å²) in [4.78, 5) is 11.8. The van der Waals surface area contributed by atoms with Crippen molar-refractivity contribution in [1.82, 2.24) is 0 Å². The molecule has 0 unspecified atom stereocenters. The fourth-order valence-corrected chi connectivity index (χ4v) is 1.92. The maximum absolute atomic E-state index is 13.4. The lowest BCUT2D eigenvalue weighted by molar-refractivity contribution is -0.118. The number of carbonyl (C=O) groups excluding carboxylic acids is 1. The van der Waals surface area contributed by atoms with Crippen molar-refractivity contribution in [2.45, 2.75) is 6.92 Å². The molecule has 128 valence electrons. The first-order valence-corrected chi connectivity index (χ1v) is 6.73. The maximum atomic E-state index is 13.4. The quantitative estimate of drug-likeness (QED) is 0.667. The van der Waals surface area contributed by atoms with Crippen LogP contribution in [0, 0.1) is 30.2 Å². The molecule has 0 aromatic heterocycles. The molecule has 0 bridgehead atoms. The summed E-state index contributed by atoms with van der Waals surface area (Å²) in [5, 5.41) is 2.42. The molecule has 4 nitrogen and oxygen atoms in total. The number of hydrogen-bond donors (Lipinski definition) is 1. The van der Waals surface area contributed by atoms with E-state index in [9.17, 15) is 22.4 Å². The van der Waals surface area contributed by atoms with Gasteiger partial charge in [-0.1, -0.05) is 6.07 Å². The molecule has 0 heterocycles. The number of benzene rings is 2. The van der Waals surface area contributed by atoms with Crippen molar-refractivity contribution in [3.05, 3.63) is 53.1 Å². The lowest BCUT2D eigenvalue weighted by atomic mass is 10.2. The Morgan fingerprint density at radius 2 is 1.71 bits per heavy atom. The number of hydrogen-bond acceptors (Lipinski definition) is 3. The van der Waals surface area contributed by atoms with Crippen LogP contribution in [0.25, 0.3) is 0 Å². The number of anilines is 1. The zero-order valence-electron chi connectivity index (χ0n) is 12.8. The van der Waals surface area contributed by atoms with Crippen LogP contribution >= 0.6 is 0 Å². The van der Waals surface area contributed by atoms with Crippen molar-refractivity contribution < 1.29 is 31.8 Å². The van der Waals surface area contributed by atoms with Crippen LogP contribution in [0.2, 0.25) is 0 Å². The van der Waals surface area contributed by atoms with Crippen LogP contribution in [0.1, 0.15) is 5.56 Å². The van der Waals surface area contributed by atoms with Crippen molar-refractivity contribution >= 4 is 11.6 Å². The molecule has 8 heteroatoms. The monoisotopic (exact) mass is 343 g/mol. The molecule has 24 heavy (non-hydrogen) atoms. The number of ether oxygens (including phenoxy) is 2. The summed E-state index contributed by atoms with van der Waals surface area (Å²) in [5.41, 5.74) is 1.15. The van der Waals surface area contributed by atoms with Gasteiger partial charge >= 0.3 is 0 Å². The Kier molecular flexibility index (Phi) is 5.28. The Balaban J connectivity index is 2.11. The molecule has 0 aliphatic rings. The Labute approximate surface area is 135 Å². The fraction of sp³-hybridized carbons (Fsp3) is 0.188. The molecule has 0 aliphatic heterocycles. The molecule has 0 fully saturated rings. The highest BCUT2D eigenvalue weighted by atomic mass is 19.2. The summed E-state index contributed by atoms with van der Waals surface area (Å²) in [6, 6.07) is 5.04. The zero-order valence-corrected chi connectivity index (χ0v) is 12.8. The lowest BCUT2D eigenvalue weighted by Crippen LogP contribution is -2.21. The van der Waals surface area contributed by atoms with E-state index in [0.29, 0.717) is 11.4 Å². The van der Waals surface area contributed by atoms with E-state index in [1.165, 1.54) is 7.11 Å². The molecule has 0 saturated heterocycles. The van der Waals surface area contributed by atoms with E-state index in [1.807, 2.05) is 0 Å². The van der Waals surface area contributed by atoms with E-state index >= 15 is 0 Å². The van der Waals surface area contributed by atoms with Crippen molar-refractivity contribution in [2.24, 2.45) is 0 Å². The molecule has 0 aliphatic carbocycles. The van der Waals surface area contributed by atoms with Crippen LogP contribution < -0.4 is 14.8 Å². The van der Waals surface area contributed by atoms with E-state index in [1.54, 1.807) is 25.1 Å². The second-order valence-corrected chi connectivity index (χ2v) is 4.84. The average Bonchev–Trinajstić information content (AvgIpc) is 2.53. The van der Waals surface area contributed by atoms with Crippen molar-refractivity contribution in [3.63, 3.8) is 0 Å². The minimum absolute atomic E-state index is 0.0508. The van der Waals surface area contributed by atoms with Crippen molar-refractivity contribution in [2.75, 3.05) is 19.0 Å². The third-order valence-corrected chi connectivity index (χ3v) is 3.05. The fourth-order valence-electron chi connectivity index (χ4n) is 1.92. The van der Waals surface area contributed by atoms with Crippen molar-refractivity contribution in [1.29, 1.82) is 0 Å². The van der Waals surface area contributed by atoms with Crippen LogP contribution in [0.3, 0.4) is 0 Å². The minimum Gasteiger partial charge on any atom is -0.495 e. The number of carbonyl (C=O) groups is 1. The Morgan fingerprint density at radius 1 is 1.08 bits per heavy atom. The van der Waals surface area contributed by atoms with Gasteiger partial charge in [-0.05, 0) is 24.6 Å². The average molecular weight is 343 g/mol. The topological polar surface area (TPSA) is 47.6 Å². The standard InChI is InChI=1S/C16H13F4NO3/c1-8-3-4-12(23-2)11(5-8)21-13(22)7-24-16-14(19)9(17)6-10(18)15(16)20/h3-6H,7H2,1-2H3,(H,21,22). The van der Waals surface area contributed by atoms with Gasteiger partial charge in [0, 0.05) is 6.07 Å². The van der Waals surface area contributed by atoms with E-state index < -0.39 is 41.5 Å². The summed E-state index contributed by atoms with van der Waals surface area (Å²) < 4.78 is 62.6. The van der Waals surface area contributed by atoms with Gasteiger partial charge in [0.25, 0.3) is 5.91 Å². The number of amides is 1. The van der Waals surface area contributed by atoms with Crippen molar-refractivity contribution in [3.8, 4) is 11.5 Å². The van der Waals surface area contributed by atoms with Gasteiger partial charge in [0.05, 0.1) is 12.8 Å². The van der Waals surface area contributed by atoms with E-state index in [0.717, 1.165) is 5.56 Å². The van der Waals surface area contributed by atoms with Crippen LogP contribution in [-0.2, 0) is 4.79 Å². The highest BCUT2D eigenvalue weighted by Crippen LogP contribution is 2.27.